The number of amides is 1. The largest absolute Gasteiger partial charge is 0.390 e. The summed E-state index contributed by atoms with van der Waals surface area (Å²) in [7, 11) is 0. The topological polar surface area (TPSA) is 121 Å². The van der Waals surface area contributed by atoms with Crippen LogP contribution in [0.2, 0.25) is 0 Å². The Kier molecular flexibility index (Phi) is 5.25. The molecule has 3 rings (SSSR count). The Hall–Kier alpha value is -3.56. The Morgan fingerprint density at radius 1 is 1.22 bits per heavy atom. The highest BCUT2D eigenvalue weighted by Gasteiger charge is 2.16. The van der Waals surface area contributed by atoms with Crippen LogP contribution < -0.4 is 5.32 Å². The average molecular weight is 369 g/mol. The first kappa shape index (κ1) is 18.2. The van der Waals surface area contributed by atoms with Gasteiger partial charge in [-0.3, -0.25) is 10.1 Å². The molecular formula is C17H19N7O3. The second-order valence-corrected chi connectivity index (χ2v) is 6.17. The number of aryl methyl sites for hydroxylation is 3. The molecule has 0 radical (unpaired) electrons. The van der Waals surface area contributed by atoms with Gasteiger partial charge in [0.05, 0.1) is 29.9 Å². The SMILES string of the molecule is Cc1ccc(Cn2cnc(NC(=O)CCn3nc([N+](=O)[O-])cc3C)n2)cc1. The van der Waals surface area contributed by atoms with Crippen LogP contribution in [-0.4, -0.2) is 35.4 Å². The van der Waals surface area contributed by atoms with Gasteiger partial charge in [0.1, 0.15) is 6.33 Å². The molecule has 0 unspecified atom stereocenters. The molecular weight excluding hydrogens is 350 g/mol. The molecule has 0 aliphatic rings. The van der Waals surface area contributed by atoms with Gasteiger partial charge in [0, 0.05) is 6.42 Å². The predicted molar refractivity (Wildman–Crippen MR) is 97.2 cm³/mol. The van der Waals surface area contributed by atoms with Crippen molar-refractivity contribution >= 4 is 17.7 Å². The van der Waals surface area contributed by atoms with E-state index in [1.54, 1.807) is 17.9 Å². The quantitative estimate of drug-likeness (QED) is 0.503. The lowest BCUT2D eigenvalue weighted by Crippen LogP contribution is -2.16. The maximum absolute atomic E-state index is 12.1. The molecule has 0 saturated heterocycles. The Morgan fingerprint density at radius 2 is 1.96 bits per heavy atom. The van der Waals surface area contributed by atoms with E-state index in [1.165, 1.54) is 16.3 Å². The van der Waals surface area contributed by atoms with Crippen LogP contribution in [0.5, 0.6) is 0 Å². The smallest absolute Gasteiger partial charge is 0.358 e. The lowest BCUT2D eigenvalue weighted by Gasteiger charge is -2.02. The number of nitrogens with zero attached hydrogens (tertiary/aromatic N) is 6. The highest BCUT2D eigenvalue weighted by molar-refractivity contribution is 5.88. The Morgan fingerprint density at radius 3 is 2.63 bits per heavy atom. The summed E-state index contributed by atoms with van der Waals surface area (Å²) in [5.41, 5.74) is 2.89. The van der Waals surface area contributed by atoms with E-state index in [4.69, 9.17) is 0 Å². The summed E-state index contributed by atoms with van der Waals surface area (Å²) in [4.78, 5) is 26.3. The molecule has 0 saturated carbocycles. The highest BCUT2D eigenvalue weighted by Crippen LogP contribution is 2.11. The van der Waals surface area contributed by atoms with Gasteiger partial charge >= 0.3 is 5.82 Å². The molecule has 0 aliphatic heterocycles. The summed E-state index contributed by atoms with van der Waals surface area (Å²) in [6.07, 6.45) is 1.66. The molecule has 1 amide bonds. The van der Waals surface area contributed by atoms with Gasteiger partial charge in [-0.05, 0) is 24.3 Å². The number of anilines is 1. The van der Waals surface area contributed by atoms with Gasteiger partial charge in [-0.15, -0.1) is 5.10 Å². The second-order valence-electron chi connectivity index (χ2n) is 6.17. The van der Waals surface area contributed by atoms with E-state index in [2.05, 4.69) is 20.5 Å². The van der Waals surface area contributed by atoms with Gasteiger partial charge in [0.15, 0.2) is 0 Å². The number of aromatic nitrogens is 5. The summed E-state index contributed by atoms with van der Waals surface area (Å²) in [6.45, 7) is 4.51. The van der Waals surface area contributed by atoms with Crippen molar-refractivity contribution in [1.82, 2.24) is 24.5 Å². The first-order valence-electron chi connectivity index (χ1n) is 8.34. The van der Waals surface area contributed by atoms with Gasteiger partial charge < -0.3 is 10.1 Å². The van der Waals surface area contributed by atoms with Crippen molar-refractivity contribution < 1.29 is 9.72 Å². The molecule has 0 spiro atoms. The highest BCUT2D eigenvalue weighted by atomic mass is 16.6. The number of benzene rings is 1. The average Bonchev–Trinajstić information content (AvgIpc) is 3.21. The summed E-state index contributed by atoms with van der Waals surface area (Å²) in [6, 6.07) is 9.45. The lowest BCUT2D eigenvalue weighted by molar-refractivity contribution is -0.389. The number of carbonyl (C=O) groups is 1. The maximum atomic E-state index is 12.1. The lowest BCUT2D eigenvalue weighted by atomic mass is 10.1. The predicted octanol–water partition coefficient (Wildman–Crippen LogP) is 2.08. The van der Waals surface area contributed by atoms with Crippen LogP contribution >= 0.6 is 0 Å². The monoisotopic (exact) mass is 369 g/mol. The first-order valence-corrected chi connectivity index (χ1v) is 8.34. The van der Waals surface area contributed by atoms with Gasteiger partial charge in [0.2, 0.25) is 11.9 Å². The number of nitro groups is 1. The molecule has 3 aromatic rings. The summed E-state index contributed by atoms with van der Waals surface area (Å²) in [5.74, 6) is -0.305. The first-order chi connectivity index (χ1) is 12.9. The van der Waals surface area contributed by atoms with Gasteiger partial charge in [-0.25, -0.2) is 9.67 Å². The third-order valence-electron chi connectivity index (χ3n) is 3.96. The van der Waals surface area contributed by atoms with Crippen LogP contribution in [0.4, 0.5) is 11.8 Å². The minimum atomic E-state index is -0.561. The second kappa shape index (κ2) is 7.77. The molecule has 2 aromatic heterocycles. The van der Waals surface area contributed by atoms with Crippen molar-refractivity contribution in [1.29, 1.82) is 0 Å². The van der Waals surface area contributed by atoms with Gasteiger partial charge in [-0.1, -0.05) is 29.8 Å². The van der Waals surface area contributed by atoms with Crippen molar-refractivity contribution in [2.45, 2.75) is 33.4 Å². The van der Waals surface area contributed by atoms with Crippen LogP contribution in [0.15, 0.2) is 36.7 Å². The van der Waals surface area contributed by atoms with E-state index in [9.17, 15) is 14.9 Å². The number of carbonyl (C=O) groups excluding carboxylic acids is 1. The number of nitrogens with one attached hydrogen (secondary N) is 1. The zero-order valence-electron chi connectivity index (χ0n) is 15.0. The van der Waals surface area contributed by atoms with E-state index < -0.39 is 4.92 Å². The molecule has 0 bridgehead atoms. The minimum absolute atomic E-state index is 0.103. The molecule has 0 fully saturated rings. The molecule has 2 heterocycles. The molecule has 0 atom stereocenters. The van der Waals surface area contributed by atoms with E-state index in [0.717, 1.165) is 5.56 Å². The summed E-state index contributed by atoms with van der Waals surface area (Å²) in [5, 5.41) is 21.4. The number of hydrogen-bond acceptors (Lipinski definition) is 6. The molecule has 10 nitrogen and oxygen atoms in total. The van der Waals surface area contributed by atoms with Crippen LogP contribution in [0.1, 0.15) is 23.2 Å². The zero-order chi connectivity index (χ0) is 19.4. The van der Waals surface area contributed by atoms with Crippen LogP contribution in [0.3, 0.4) is 0 Å². The summed E-state index contributed by atoms with van der Waals surface area (Å²) >= 11 is 0. The fourth-order valence-electron chi connectivity index (χ4n) is 2.51. The molecule has 27 heavy (non-hydrogen) atoms. The molecule has 10 heteroatoms. The van der Waals surface area contributed by atoms with Crippen molar-refractivity contribution in [2.24, 2.45) is 0 Å². The van der Waals surface area contributed by atoms with Crippen molar-refractivity contribution in [2.75, 3.05) is 5.32 Å². The van der Waals surface area contributed by atoms with Crippen molar-refractivity contribution in [3.8, 4) is 0 Å². The summed E-state index contributed by atoms with van der Waals surface area (Å²) < 4.78 is 3.07. The van der Waals surface area contributed by atoms with Crippen LogP contribution in [-0.2, 0) is 17.9 Å². The fourth-order valence-corrected chi connectivity index (χ4v) is 2.51. The number of hydrogen-bond donors (Lipinski definition) is 1. The minimum Gasteiger partial charge on any atom is -0.358 e. The normalized spacial score (nSPS) is 10.7. The van der Waals surface area contributed by atoms with Gasteiger partial charge in [0.25, 0.3) is 0 Å². The van der Waals surface area contributed by atoms with Crippen LogP contribution in [0, 0.1) is 24.0 Å². The molecule has 1 aromatic carbocycles. The standard InChI is InChI=1S/C17H19N7O3/c1-12-3-5-14(6-4-12)10-22-11-18-17(21-22)19-16(25)7-8-23-13(2)9-15(20-23)24(26)27/h3-6,9,11H,7-8,10H2,1-2H3,(H,19,21,25). The Balaban J connectivity index is 1.53. The van der Waals surface area contributed by atoms with E-state index in [1.807, 2.05) is 31.2 Å². The molecule has 0 aliphatic carbocycles. The van der Waals surface area contributed by atoms with Crippen molar-refractivity contribution in [3.05, 3.63) is 63.6 Å². The molecule has 140 valence electrons. The van der Waals surface area contributed by atoms with E-state index in [-0.39, 0.29) is 30.6 Å². The maximum Gasteiger partial charge on any atom is 0.390 e. The van der Waals surface area contributed by atoms with Crippen molar-refractivity contribution in [3.63, 3.8) is 0 Å². The van der Waals surface area contributed by atoms with E-state index in [0.29, 0.717) is 12.2 Å². The third kappa shape index (κ3) is 4.75. The molecule has 1 N–H and O–H groups in total. The third-order valence-corrected chi connectivity index (χ3v) is 3.96. The zero-order valence-corrected chi connectivity index (χ0v) is 15.0. The van der Waals surface area contributed by atoms with E-state index >= 15 is 0 Å². The fraction of sp³-hybridized carbons (Fsp3) is 0.294. The van der Waals surface area contributed by atoms with Gasteiger partial charge in [-0.2, -0.15) is 4.68 Å². The Bertz CT molecular complexity index is 959. The van der Waals surface area contributed by atoms with Crippen LogP contribution in [0.25, 0.3) is 0 Å². The Labute approximate surface area is 155 Å². The number of rotatable bonds is 7.